The molecule has 3 aromatic rings. The van der Waals surface area contributed by atoms with Crippen LogP contribution in [0.5, 0.6) is 0 Å². The number of nitrogens with zero attached hydrogens (tertiary/aromatic N) is 1. The van der Waals surface area contributed by atoms with Crippen molar-refractivity contribution in [3.63, 3.8) is 0 Å². The van der Waals surface area contributed by atoms with Crippen molar-refractivity contribution in [3.8, 4) is 0 Å². The number of rotatable bonds is 4. The highest BCUT2D eigenvalue weighted by atomic mass is 16.5. The Balaban J connectivity index is 1.70. The molecule has 0 radical (unpaired) electrons. The van der Waals surface area contributed by atoms with E-state index < -0.39 is 0 Å². The molecule has 0 saturated carbocycles. The van der Waals surface area contributed by atoms with Crippen molar-refractivity contribution in [2.75, 3.05) is 0 Å². The summed E-state index contributed by atoms with van der Waals surface area (Å²) in [6, 6.07) is 15.9. The van der Waals surface area contributed by atoms with Crippen LogP contribution in [0.15, 0.2) is 60.8 Å². The van der Waals surface area contributed by atoms with Gasteiger partial charge in [-0.1, -0.05) is 48.0 Å². The minimum absolute atomic E-state index is 0.282. The van der Waals surface area contributed by atoms with E-state index in [1.165, 1.54) is 6.08 Å². The van der Waals surface area contributed by atoms with Crippen LogP contribution in [-0.2, 0) is 16.1 Å². The summed E-state index contributed by atoms with van der Waals surface area (Å²) in [5.74, 6) is -0.358. The maximum Gasteiger partial charge on any atom is 0.331 e. The minimum atomic E-state index is -0.358. The lowest BCUT2D eigenvalue weighted by Crippen LogP contribution is -2.02. The number of ether oxygens (including phenoxy) is 1. The topological polar surface area (TPSA) is 39.2 Å². The van der Waals surface area contributed by atoms with E-state index in [-0.39, 0.29) is 12.6 Å². The second-order valence-corrected chi connectivity index (χ2v) is 5.79. The molecule has 3 nitrogen and oxygen atoms in total. The molecule has 0 saturated heterocycles. The van der Waals surface area contributed by atoms with E-state index in [1.807, 2.05) is 62.4 Å². The first-order chi connectivity index (χ1) is 11.6. The maximum atomic E-state index is 12.0. The number of carbonyl (C=O) groups excluding carboxylic acids is 1. The monoisotopic (exact) mass is 317 g/mol. The zero-order valence-electron chi connectivity index (χ0n) is 13.8. The van der Waals surface area contributed by atoms with Crippen LogP contribution < -0.4 is 0 Å². The summed E-state index contributed by atoms with van der Waals surface area (Å²) >= 11 is 0. The summed E-state index contributed by atoms with van der Waals surface area (Å²) < 4.78 is 5.35. The molecule has 0 aliphatic rings. The van der Waals surface area contributed by atoms with E-state index in [0.717, 1.165) is 33.2 Å². The second kappa shape index (κ2) is 7.09. The van der Waals surface area contributed by atoms with Crippen molar-refractivity contribution in [3.05, 3.63) is 83.1 Å². The van der Waals surface area contributed by atoms with Crippen molar-refractivity contribution < 1.29 is 9.53 Å². The molecule has 2 aromatic carbocycles. The summed E-state index contributed by atoms with van der Waals surface area (Å²) in [5, 5.41) is 1.04. The fourth-order valence-corrected chi connectivity index (χ4v) is 2.57. The summed E-state index contributed by atoms with van der Waals surface area (Å²) in [6.07, 6.45) is 4.95. The Morgan fingerprint density at radius 2 is 1.96 bits per heavy atom. The molecular formula is C21H19NO2. The van der Waals surface area contributed by atoms with E-state index in [0.29, 0.717) is 0 Å². The third-order valence-corrected chi connectivity index (χ3v) is 3.94. The molecule has 1 heterocycles. The Bertz CT molecular complexity index is 907. The van der Waals surface area contributed by atoms with Crippen LogP contribution in [0.3, 0.4) is 0 Å². The Morgan fingerprint density at radius 3 is 2.83 bits per heavy atom. The third-order valence-electron chi connectivity index (χ3n) is 3.94. The molecule has 120 valence electrons. The van der Waals surface area contributed by atoms with Gasteiger partial charge in [0.15, 0.2) is 0 Å². The SMILES string of the molecule is Cc1ccc(C)c(COC(=O)/C=C/c2cccc3cccnc23)c1. The molecule has 0 bridgehead atoms. The fraction of sp³-hybridized carbons (Fsp3) is 0.143. The van der Waals surface area contributed by atoms with E-state index in [4.69, 9.17) is 4.74 Å². The molecule has 0 amide bonds. The van der Waals surface area contributed by atoms with Gasteiger partial charge in [0, 0.05) is 23.2 Å². The van der Waals surface area contributed by atoms with Gasteiger partial charge < -0.3 is 4.74 Å². The first-order valence-corrected chi connectivity index (χ1v) is 7.88. The molecular weight excluding hydrogens is 298 g/mol. The van der Waals surface area contributed by atoms with Gasteiger partial charge in [-0.05, 0) is 37.1 Å². The first kappa shape index (κ1) is 15.9. The number of aryl methyl sites for hydroxylation is 2. The predicted octanol–water partition coefficient (Wildman–Crippen LogP) is 4.61. The molecule has 24 heavy (non-hydrogen) atoms. The van der Waals surface area contributed by atoms with Crippen LogP contribution in [0.25, 0.3) is 17.0 Å². The van der Waals surface area contributed by atoms with Crippen LogP contribution in [0.1, 0.15) is 22.3 Å². The summed E-state index contributed by atoms with van der Waals surface area (Å²) in [5.41, 5.74) is 5.08. The lowest BCUT2D eigenvalue weighted by atomic mass is 10.1. The third kappa shape index (κ3) is 3.69. The van der Waals surface area contributed by atoms with Gasteiger partial charge in [0.1, 0.15) is 6.61 Å². The number of esters is 1. The quantitative estimate of drug-likeness (QED) is 0.521. The molecule has 0 fully saturated rings. The first-order valence-electron chi connectivity index (χ1n) is 7.88. The molecule has 0 N–H and O–H groups in total. The number of para-hydroxylation sites is 1. The number of fused-ring (bicyclic) bond motifs is 1. The standard InChI is InChI=1S/C21H19NO2/c1-15-8-9-16(2)19(13-15)14-24-20(23)11-10-18-6-3-5-17-7-4-12-22-21(17)18/h3-13H,14H2,1-2H3/b11-10+. The zero-order valence-corrected chi connectivity index (χ0v) is 13.8. The molecule has 0 atom stereocenters. The molecule has 3 heteroatoms. The molecule has 3 rings (SSSR count). The molecule has 0 unspecified atom stereocenters. The Kier molecular flexibility index (Phi) is 4.71. The number of benzene rings is 2. The van der Waals surface area contributed by atoms with Crippen LogP contribution >= 0.6 is 0 Å². The van der Waals surface area contributed by atoms with Gasteiger partial charge in [0.25, 0.3) is 0 Å². The summed E-state index contributed by atoms with van der Waals surface area (Å²) in [6.45, 7) is 4.32. The van der Waals surface area contributed by atoms with E-state index in [1.54, 1.807) is 12.3 Å². The van der Waals surface area contributed by atoms with Gasteiger partial charge in [0.05, 0.1) is 5.52 Å². The Labute approximate surface area is 141 Å². The van der Waals surface area contributed by atoms with E-state index >= 15 is 0 Å². The van der Waals surface area contributed by atoms with Crippen molar-refractivity contribution in [1.82, 2.24) is 4.98 Å². The highest BCUT2D eigenvalue weighted by Gasteiger charge is 2.04. The average Bonchev–Trinajstić information content (AvgIpc) is 2.60. The van der Waals surface area contributed by atoms with Gasteiger partial charge in [-0.2, -0.15) is 0 Å². The van der Waals surface area contributed by atoms with Crippen LogP contribution in [0.2, 0.25) is 0 Å². The van der Waals surface area contributed by atoms with Crippen molar-refractivity contribution in [2.45, 2.75) is 20.5 Å². The molecule has 0 spiro atoms. The second-order valence-electron chi connectivity index (χ2n) is 5.79. The Morgan fingerprint density at radius 1 is 1.12 bits per heavy atom. The molecule has 0 aliphatic heterocycles. The normalized spacial score (nSPS) is 11.1. The van der Waals surface area contributed by atoms with Crippen LogP contribution in [0.4, 0.5) is 0 Å². The maximum absolute atomic E-state index is 12.0. The van der Waals surface area contributed by atoms with Crippen LogP contribution in [0, 0.1) is 13.8 Å². The highest BCUT2D eigenvalue weighted by molar-refractivity contribution is 5.92. The summed E-state index contributed by atoms with van der Waals surface area (Å²) in [7, 11) is 0. The van der Waals surface area contributed by atoms with E-state index in [9.17, 15) is 4.79 Å². The number of hydrogen-bond acceptors (Lipinski definition) is 3. The Hall–Kier alpha value is -2.94. The molecule has 1 aromatic heterocycles. The van der Waals surface area contributed by atoms with Gasteiger partial charge in [-0.25, -0.2) is 4.79 Å². The number of carbonyl (C=O) groups is 1. The van der Waals surface area contributed by atoms with E-state index in [2.05, 4.69) is 4.98 Å². The fourth-order valence-electron chi connectivity index (χ4n) is 2.57. The number of aromatic nitrogens is 1. The number of pyridine rings is 1. The van der Waals surface area contributed by atoms with Gasteiger partial charge in [0.2, 0.25) is 0 Å². The molecule has 0 aliphatic carbocycles. The lowest BCUT2D eigenvalue weighted by molar-refractivity contribution is -0.138. The summed E-state index contributed by atoms with van der Waals surface area (Å²) in [4.78, 5) is 16.4. The minimum Gasteiger partial charge on any atom is -0.458 e. The highest BCUT2D eigenvalue weighted by Crippen LogP contribution is 2.17. The van der Waals surface area contributed by atoms with Crippen LogP contribution in [-0.4, -0.2) is 11.0 Å². The van der Waals surface area contributed by atoms with Gasteiger partial charge >= 0.3 is 5.97 Å². The number of hydrogen-bond donors (Lipinski definition) is 0. The largest absolute Gasteiger partial charge is 0.458 e. The van der Waals surface area contributed by atoms with Gasteiger partial charge in [-0.15, -0.1) is 0 Å². The smallest absolute Gasteiger partial charge is 0.331 e. The predicted molar refractivity (Wildman–Crippen MR) is 96.5 cm³/mol. The van der Waals surface area contributed by atoms with Crippen molar-refractivity contribution >= 4 is 22.9 Å². The van der Waals surface area contributed by atoms with Crippen molar-refractivity contribution in [2.24, 2.45) is 0 Å². The zero-order chi connectivity index (χ0) is 16.9. The van der Waals surface area contributed by atoms with Gasteiger partial charge in [-0.3, -0.25) is 4.98 Å². The average molecular weight is 317 g/mol. The van der Waals surface area contributed by atoms with Crippen molar-refractivity contribution in [1.29, 1.82) is 0 Å². The lowest BCUT2D eigenvalue weighted by Gasteiger charge is -2.07.